The van der Waals surface area contributed by atoms with Crippen molar-refractivity contribution < 1.29 is 13.2 Å². The molecule has 0 saturated carbocycles. The molecule has 1 saturated heterocycles. The molecule has 0 bridgehead atoms. The number of halogens is 2. The van der Waals surface area contributed by atoms with Gasteiger partial charge in [0, 0.05) is 30.5 Å². The maximum Gasteiger partial charge on any atom is 0.263 e. The lowest BCUT2D eigenvalue weighted by atomic mass is 10.0. The number of carbonyl (C=O) groups excluding carboxylic acids is 1. The van der Waals surface area contributed by atoms with Crippen molar-refractivity contribution in [2.24, 2.45) is 0 Å². The molecule has 0 atom stereocenters. The highest BCUT2D eigenvalue weighted by Crippen LogP contribution is 2.33. The summed E-state index contributed by atoms with van der Waals surface area (Å²) < 4.78 is 29.8. The predicted molar refractivity (Wildman–Crippen MR) is 153 cm³/mol. The van der Waals surface area contributed by atoms with Crippen molar-refractivity contribution >= 4 is 56.3 Å². The topological polar surface area (TPSA) is 135 Å². The molecule has 2 aromatic carbocycles. The zero-order valence-electron chi connectivity index (χ0n) is 21.1. The summed E-state index contributed by atoms with van der Waals surface area (Å²) in [4.78, 5) is 19.5. The highest BCUT2D eigenvalue weighted by molar-refractivity contribution is 7.92. The van der Waals surface area contributed by atoms with E-state index in [0.29, 0.717) is 34.8 Å². The Labute approximate surface area is 236 Å². The first-order valence-electron chi connectivity index (χ1n) is 12.4. The van der Waals surface area contributed by atoms with E-state index in [1.165, 1.54) is 41.8 Å². The van der Waals surface area contributed by atoms with Gasteiger partial charge in [-0.1, -0.05) is 35.3 Å². The van der Waals surface area contributed by atoms with E-state index >= 15 is 0 Å². The van der Waals surface area contributed by atoms with E-state index in [-0.39, 0.29) is 20.8 Å². The molecular weight excluding hydrogens is 561 g/mol. The second-order valence-corrected chi connectivity index (χ2v) is 11.8. The largest absolute Gasteiger partial charge is 0.383 e. The smallest absolute Gasteiger partial charge is 0.263 e. The van der Waals surface area contributed by atoms with E-state index in [9.17, 15) is 13.2 Å². The van der Waals surface area contributed by atoms with Crippen LogP contribution in [0.25, 0.3) is 16.8 Å². The number of nitrogens with two attached hydrogens (primary N) is 1. The number of hydrogen-bond donors (Lipinski definition) is 3. The van der Waals surface area contributed by atoms with Crippen LogP contribution in [0.1, 0.15) is 28.8 Å². The summed E-state index contributed by atoms with van der Waals surface area (Å²) >= 11 is 12.1. The van der Waals surface area contributed by atoms with Gasteiger partial charge in [-0.2, -0.15) is 9.61 Å². The minimum Gasteiger partial charge on any atom is -0.383 e. The number of nitrogen functional groups attached to an aromatic ring is 1. The molecule has 4 aromatic rings. The Kier molecular flexibility index (Phi) is 7.68. The number of nitrogens with zero attached hydrogens (tertiary/aromatic N) is 4. The van der Waals surface area contributed by atoms with Crippen molar-refractivity contribution in [1.29, 1.82) is 0 Å². The molecule has 0 unspecified atom stereocenters. The van der Waals surface area contributed by atoms with Crippen LogP contribution in [-0.4, -0.2) is 60.0 Å². The molecule has 204 valence electrons. The van der Waals surface area contributed by atoms with Crippen LogP contribution in [0.15, 0.2) is 53.7 Å². The Morgan fingerprint density at radius 3 is 2.62 bits per heavy atom. The van der Waals surface area contributed by atoms with Crippen LogP contribution < -0.4 is 15.8 Å². The molecule has 0 radical (unpaired) electrons. The molecule has 1 aliphatic rings. The number of hydrogen-bond acceptors (Lipinski definition) is 7. The van der Waals surface area contributed by atoms with Crippen LogP contribution in [0.4, 0.5) is 11.5 Å². The van der Waals surface area contributed by atoms with Gasteiger partial charge >= 0.3 is 0 Å². The average molecular weight is 589 g/mol. The summed E-state index contributed by atoms with van der Waals surface area (Å²) in [5.74, 6) is 0.0507. The summed E-state index contributed by atoms with van der Waals surface area (Å²) in [7, 11) is -3.97. The zero-order valence-corrected chi connectivity index (χ0v) is 23.4. The van der Waals surface area contributed by atoms with Crippen LogP contribution in [0.3, 0.4) is 0 Å². The van der Waals surface area contributed by atoms with Crippen LogP contribution in [-0.2, 0) is 10.0 Å². The average Bonchev–Trinajstić information content (AvgIpc) is 3.57. The lowest BCUT2D eigenvalue weighted by Gasteiger charge is -2.14. The Morgan fingerprint density at radius 2 is 1.87 bits per heavy atom. The second-order valence-electron chi connectivity index (χ2n) is 9.34. The van der Waals surface area contributed by atoms with Gasteiger partial charge in [0.1, 0.15) is 16.3 Å². The number of likely N-dealkylation sites (tertiary alicyclic amines) is 1. The van der Waals surface area contributed by atoms with Crippen molar-refractivity contribution in [2.45, 2.75) is 24.7 Å². The Morgan fingerprint density at radius 1 is 1.10 bits per heavy atom. The molecule has 1 aliphatic heterocycles. The van der Waals surface area contributed by atoms with Crippen molar-refractivity contribution in [3.8, 4) is 11.1 Å². The Hall–Kier alpha value is -3.38. The number of carbonyl (C=O) groups is 1. The van der Waals surface area contributed by atoms with Gasteiger partial charge in [-0.3, -0.25) is 9.52 Å². The third kappa shape index (κ3) is 5.53. The summed E-state index contributed by atoms with van der Waals surface area (Å²) in [6.07, 6.45) is 5.44. The van der Waals surface area contributed by atoms with Gasteiger partial charge < -0.3 is 16.0 Å². The van der Waals surface area contributed by atoms with Gasteiger partial charge in [0.15, 0.2) is 5.65 Å². The highest BCUT2D eigenvalue weighted by Gasteiger charge is 2.21. The van der Waals surface area contributed by atoms with E-state index in [4.69, 9.17) is 28.9 Å². The van der Waals surface area contributed by atoms with E-state index < -0.39 is 10.0 Å². The Balaban J connectivity index is 1.35. The SMILES string of the molecule is Cc1cc(NS(=O)(=O)c2cccc(Cl)c2Cl)ccc1-c1cnc2c(C(=O)NCCN3CCCC3)cnn2c1N. The van der Waals surface area contributed by atoms with E-state index in [2.05, 4.69) is 25.0 Å². The number of fused-ring (bicyclic) bond motifs is 1. The zero-order chi connectivity index (χ0) is 27.7. The third-order valence-electron chi connectivity index (χ3n) is 6.70. The Bertz CT molecular complexity index is 1670. The summed E-state index contributed by atoms with van der Waals surface area (Å²) in [6, 6.07) is 9.44. The van der Waals surface area contributed by atoms with Crippen molar-refractivity contribution in [3.63, 3.8) is 0 Å². The fourth-order valence-corrected chi connectivity index (χ4v) is 6.49. The maximum atomic E-state index is 12.9. The predicted octanol–water partition coefficient (Wildman–Crippen LogP) is 4.22. The second kappa shape index (κ2) is 11.0. The first kappa shape index (κ1) is 27.2. The molecule has 10 nitrogen and oxygen atoms in total. The molecule has 1 fully saturated rings. The molecule has 5 rings (SSSR count). The highest BCUT2D eigenvalue weighted by atomic mass is 35.5. The number of nitrogens with one attached hydrogen (secondary N) is 2. The van der Waals surface area contributed by atoms with E-state index in [0.717, 1.165) is 30.8 Å². The molecule has 4 N–H and O–H groups in total. The summed E-state index contributed by atoms with van der Waals surface area (Å²) in [5, 5.41) is 7.33. The van der Waals surface area contributed by atoms with E-state index in [1.807, 2.05) is 6.92 Å². The lowest BCUT2D eigenvalue weighted by Crippen LogP contribution is -2.33. The first-order chi connectivity index (χ1) is 18.7. The molecule has 1 amide bonds. The van der Waals surface area contributed by atoms with Crippen molar-refractivity contribution in [2.75, 3.05) is 36.6 Å². The number of amides is 1. The van der Waals surface area contributed by atoms with Gasteiger partial charge in [0.2, 0.25) is 0 Å². The van der Waals surface area contributed by atoms with Crippen LogP contribution in [0.5, 0.6) is 0 Å². The molecule has 13 heteroatoms. The molecule has 2 aromatic heterocycles. The van der Waals surface area contributed by atoms with Crippen LogP contribution in [0, 0.1) is 6.92 Å². The number of rotatable bonds is 8. The maximum absolute atomic E-state index is 12.9. The third-order valence-corrected chi connectivity index (χ3v) is 9.05. The minimum absolute atomic E-state index is 0.0500. The van der Waals surface area contributed by atoms with Gasteiger partial charge in [-0.05, 0) is 68.2 Å². The number of anilines is 2. The lowest BCUT2D eigenvalue weighted by molar-refractivity contribution is 0.0951. The van der Waals surface area contributed by atoms with E-state index in [1.54, 1.807) is 24.4 Å². The molecule has 0 spiro atoms. The normalized spacial score (nSPS) is 14.1. The quantitative estimate of drug-likeness (QED) is 0.281. The fourth-order valence-electron chi connectivity index (χ4n) is 4.68. The molecular formula is C26H27Cl2N7O3S. The summed E-state index contributed by atoms with van der Waals surface area (Å²) in [5.41, 5.74) is 9.56. The summed E-state index contributed by atoms with van der Waals surface area (Å²) in [6.45, 7) is 5.31. The number of aromatic nitrogens is 3. The van der Waals surface area contributed by atoms with Gasteiger partial charge in [-0.15, -0.1) is 0 Å². The molecule has 3 heterocycles. The van der Waals surface area contributed by atoms with Crippen LogP contribution >= 0.6 is 23.2 Å². The van der Waals surface area contributed by atoms with Gasteiger partial charge in [-0.25, -0.2) is 13.4 Å². The number of benzene rings is 2. The van der Waals surface area contributed by atoms with Gasteiger partial charge in [0.25, 0.3) is 15.9 Å². The monoisotopic (exact) mass is 587 g/mol. The van der Waals surface area contributed by atoms with Gasteiger partial charge in [0.05, 0.1) is 16.2 Å². The number of aryl methyl sites for hydroxylation is 1. The van der Waals surface area contributed by atoms with Crippen molar-refractivity contribution in [3.05, 3.63) is 70.0 Å². The fraction of sp³-hybridized carbons (Fsp3) is 0.269. The molecule has 39 heavy (non-hydrogen) atoms. The number of sulfonamides is 1. The van der Waals surface area contributed by atoms with Crippen molar-refractivity contribution in [1.82, 2.24) is 24.8 Å². The molecule has 0 aliphatic carbocycles. The standard InChI is InChI=1S/C26H27Cl2N7O3S/c1-16-13-17(33-39(37,38)22-6-4-5-21(27)23(22)28)7-8-18(16)19-14-31-25-20(15-32-35(25)24(19)29)26(36)30-9-12-34-10-2-3-11-34/h4-8,13-15,33H,2-3,9-12,29H2,1H3,(H,30,36). The van der Waals surface area contributed by atoms with Crippen LogP contribution in [0.2, 0.25) is 10.0 Å². The first-order valence-corrected chi connectivity index (χ1v) is 14.6. The minimum atomic E-state index is -3.97.